The predicted octanol–water partition coefficient (Wildman–Crippen LogP) is 2.72. The molecule has 2 rings (SSSR count). The van der Waals surface area contributed by atoms with Gasteiger partial charge in [-0.2, -0.15) is 5.10 Å². The van der Waals surface area contributed by atoms with Gasteiger partial charge in [0.2, 0.25) is 0 Å². The van der Waals surface area contributed by atoms with Crippen LogP contribution < -0.4 is 16.5 Å². The Morgan fingerprint density at radius 1 is 1.50 bits per heavy atom. The Hall–Kier alpha value is -1.86. The standard InChI is InChI=1S/C15H23N5OS/c1-3-10(20-18-4-2)13-8-12-15(22-13)11(9-14(16)19-12)17-6-5-7-21/h4,8-10,20-21H,3,5-7H2,1-2H3,(H3,16,17,19)/b18-4-. The number of hydrogen-bond donors (Lipinski definition) is 4. The zero-order valence-corrected chi connectivity index (χ0v) is 13.8. The van der Waals surface area contributed by atoms with Crippen LogP contribution in [0.5, 0.6) is 0 Å². The Morgan fingerprint density at radius 3 is 3.00 bits per heavy atom. The molecular weight excluding hydrogens is 298 g/mol. The van der Waals surface area contributed by atoms with Crippen LogP contribution in [0.2, 0.25) is 0 Å². The van der Waals surface area contributed by atoms with Crippen LogP contribution >= 0.6 is 11.3 Å². The number of fused-ring (bicyclic) bond motifs is 1. The quantitative estimate of drug-likeness (QED) is 0.341. The van der Waals surface area contributed by atoms with Crippen molar-refractivity contribution in [3.05, 3.63) is 17.0 Å². The summed E-state index contributed by atoms with van der Waals surface area (Å²) in [4.78, 5) is 5.60. The summed E-state index contributed by atoms with van der Waals surface area (Å²) in [6, 6.07) is 4.08. The van der Waals surface area contributed by atoms with Gasteiger partial charge in [-0.25, -0.2) is 4.98 Å². The van der Waals surface area contributed by atoms with E-state index >= 15 is 0 Å². The van der Waals surface area contributed by atoms with E-state index in [-0.39, 0.29) is 12.6 Å². The number of pyridine rings is 1. The predicted molar refractivity (Wildman–Crippen MR) is 94.6 cm³/mol. The topological polar surface area (TPSA) is 95.6 Å². The van der Waals surface area contributed by atoms with Crippen molar-refractivity contribution >= 4 is 39.3 Å². The molecule has 0 aliphatic carbocycles. The van der Waals surface area contributed by atoms with Gasteiger partial charge in [0.25, 0.3) is 0 Å². The molecule has 0 aliphatic rings. The average molecular weight is 321 g/mol. The van der Waals surface area contributed by atoms with E-state index < -0.39 is 0 Å². The van der Waals surface area contributed by atoms with Gasteiger partial charge in [-0.05, 0) is 25.8 Å². The first-order valence-corrected chi connectivity index (χ1v) is 8.29. The van der Waals surface area contributed by atoms with Crippen LogP contribution in [-0.4, -0.2) is 29.5 Å². The molecule has 2 heterocycles. The van der Waals surface area contributed by atoms with Crippen molar-refractivity contribution in [1.82, 2.24) is 10.4 Å². The number of aliphatic hydroxyl groups is 1. The first-order chi connectivity index (χ1) is 10.7. The summed E-state index contributed by atoms with van der Waals surface area (Å²) in [6.45, 7) is 4.88. The number of anilines is 2. The van der Waals surface area contributed by atoms with Crippen molar-refractivity contribution in [3.8, 4) is 0 Å². The van der Waals surface area contributed by atoms with Crippen molar-refractivity contribution in [3.63, 3.8) is 0 Å². The van der Waals surface area contributed by atoms with Gasteiger partial charge < -0.3 is 21.6 Å². The molecule has 0 spiro atoms. The third-order valence-corrected chi connectivity index (χ3v) is 4.55. The van der Waals surface area contributed by atoms with Gasteiger partial charge in [0, 0.05) is 30.3 Å². The van der Waals surface area contributed by atoms with Crippen LogP contribution in [0, 0.1) is 0 Å². The minimum Gasteiger partial charge on any atom is -0.396 e. The number of nitrogens with zero attached hydrogens (tertiary/aromatic N) is 2. The lowest BCUT2D eigenvalue weighted by molar-refractivity contribution is 0.292. The molecule has 1 atom stereocenters. The number of nitrogens with two attached hydrogens (primary N) is 1. The minimum atomic E-state index is 0.168. The van der Waals surface area contributed by atoms with E-state index in [4.69, 9.17) is 10.8 Å². The van der Waals surface area contributed by atoms with Crippen LogP contribution in [0.15, 0.2) is 17.2 Å². The van der Waals surface area contributed by atoms with Gasteiger partial charge in [-0.1, -0.05) is 6.92 Å². The molecule has 6 nitrogen and oxygen atoms in total. The molecule has 0 amide bonds. The summed E-state index contributed by atoms with van der Waals surface area (Å²) >= 11 is 1.69. The maximum atomic E-state index is 8.91. The molecule has 5 N–H and O–H groups in total. The SMILES string of the molecule is C/C=N\NC(CC)c1cc2nc(N)cc(NCCCO)c2s1. The molecule has 0 saturated heterocycles. The van der Waals surface area contributed by atoms with Gasteiger partial charge in [-0.3, -0.25) is 0 Å². The maximum absolute atomic E-state index is 8.91. The number of hydrazone groups is 1. The fraction of sp³-hybridized carbons (Fsp3) is 0.467. The van der Waals surface area contributed by atoms with E-state index in [2.05, 4.69) is 33.8 Å². The van der Waals surface area contributed by atoms with E-state index in [1.54, 1.807) is 17.6 Å². The minimum absolute atomic E-state index is 0.168. The van der Waals surface area contributed by atoms with E-state index in [1.165, 1.54) is 4.88 Å². The number of nitrogens with one attached hydrogen (secondary N) is 2. The second-order valence-corrected chi connectivity index (χ2v) is 6.02. The van der Waals surface area contributed by atoms with Gasteiger partial charge in [0.1, 0.15) is 5.82 Å². The summed E-state index contributed by atoms with van der Waals surface area (Å²) < 4.78 is 1.09. The van der Waals surface area contributed by atoms with Crippen LogP contribution in [0.4, 0.5) is 11.5 Å². The Morgan fingerprint density at radius 2 is 2.32 bits per heavy atom. The van der Waals surface area contributed by atoms with Crippen molar-refractivity contribution in [2.75, 3.05) is 24.2 Å². The summed E-state index contributed by atoms with van der Waals surface area (Å²) in [5.74, 6) is 0.496. The Labute approximate surface area is 134 Å². The van der Waals surface area contributed by atoms with Crippen LogP contribution in [0.3, 0.4) is 0 Å². The molecule has 2 aromatic rings. The first kappa shape index (κ1) is 16.5. The van der Waals surface area contributed by atoms with Crippen molar-refractivity contribution in [2.24, 2.45) is 5.10 Å². The molecule has 2 aromatic heterocycles. The van der Waals surface area contributed by atoms with Crippen molar-refractivity contribution < 1.29 is 5.11 Å². The fourth-order valence-corrected chi connectivity index (χ4v) is 3.40. The number of nitrogen functional groups attached to an aromatic ring is 1. The van der Waals surface area contributed by atoms with E-state index in [0.717, 1.165) is 22.3 Å². The average Bonchev–Trinajstić information content (AvgIpc) is 2.92. The highest BCUT2D eigenvalue weighted by atomic mass is 32.1. The zero-order valence-electron chi connectivity index (χ0n) is 13.0. The Bertz CT molecular complexity index is 640. The van der Waals surface area contributed by atoms with Crippen LogP contribution in [-0.2, 0) is 0 Å². The molecular formula is C15H23N5OS. The molecule has 120 valence electrons. The molecule has 0 aromatic carbocycles. The summed E-state index contributed by atoms with van der Waals surface area (Å²) in [6.07, 6.45) is 3.38. The number of rotatable bonds is 8. The van der Waals surface area contributed by atoms with Crippen molar-refractivity contribution in [2.45, 2.75) is 32.7 Å². The Balaban J connectivity index is 2.33. The third-order valence-electron chi connectivity index (χ3n) is 3.28. The molecule has 7 heteroatoms. The highest BCUT2D eigenvalue weighted by Gasteiger charge is 2.15. The van der Waals surface area contributed by atoms with Crippen LogP contribution in [0.1, 0.15) is 37.6 Å². The molecule has 0 bridgehead atoms. The summed E-state index contributed by atoms with van der Waals surface area (Å²) in [5, 5.41) is 16.4. The zero-order chi connectivity index (χ0) is 15.9. The molecule has 0 aliphatic heterocycles. The van der Waals surface area contributed by atoms with E-state index in [9.17, 15) is 0 Å². The largest absolute Gasteiger partial charge is 0.396 e. The maximum Gasteiger partial charge on any atom is 0.126 e. The first-order valence-electron chi connectivity index (χ1n) is 7.47. The van der Waals surface area contributed by atoms with Gasteiger partial charge in [0.15, 0.2) is 0 Å². The summed E-state index contributed by atoms with van der Waals surface area (Å²) in [5.41, 5.74) is 10.9. The van der Waals surface area contributed by atoms with Crippen molar-refractivity contribution in [1.29, 1.82) is 0 Å². The number of hydrogen-bond acceptors (Lipinski definition) is 7. The number of aromatic nitrogens is 1. The second kappa shape index (κ2) is 7.95. The lowest BCUT2D eigenvalue weighted by Gasteiger charge is -2.11. The highest BCUT2D eigenvalue weighted by Crippen LogP contribution is 2.36. The fourth-order valence-electron chi connectivity index (χ4n) is 2.19. The molecule has 0 fully saturated rings. The normalized spacial score (nSPS) is 12.9. The summed E-state index contributed by atoms with van der Waals surface area (Å²) in [7, 11) is 0. The number of aliphatic hydroxyl groups excluding tert-OH is 1. The monoisotopic (exact) mass is 321 g/mol. The van der Waals surface area contributed by atoms with Crippen LogP contribution in [0.25, 0.3) is 10.2 Å². The lowest BCUT2D eigenvalue weighted by Crippen LogP contribution is -2.13. The highest BCUT2D eigenvalue weighted by molar-refractivity contribution is 7.19. The molecule has 1 unspecified atom stereocenters. The van der Waals surface area contributed by atoms with E-state index in [1.807, 2.05) is 13.0 Å². The van der Waals surface area contributed by atoms with Gasteiger partial charge >= 0.3 is 0 Å². The lowest BCUT2D eigenvalue weighted by atomic mass is 10.2. The molecule has 0 saturated carbocycles. The second-order valence-electron chi connectivity index (χ2n) is 4.94. The van der Waals surface area contributed by atoms with Gasteiger partial charge in [0.05, 0.1) is 21.9 Å². The smallest absolute Gasteiger partial charge is 0.126 e. The Kier molecular flexibility index (Phi) is 5.97. The van der Waals surface area contributed by atoms with E-state index in [0.29, 0.717) is 18.8 Å². The molecule has 22 heavy (non-hydrogen) atoms. The third kappa shape index (κ3) is 3.86. The van der Waals surface area contributed by atoms with Gasteiger partial charge in [-0.15, -0.1) is 11.3 Å². The number of thiophene rings is 1. The molecule has 0 radical (unpaired) electrons.